The molecule has 1 aromatic carbocycles. The first kappa shape index (κ1) is 12.9. The van der Waals surface area contributed by atoms with Crippen molar-refractivity contribution in [1.82, 2.24) is 10.3 Å². The third kappa shape index (κ3) is 2.46. The Kier molecular flexibility index (Phi) is 3.08. The highest BCUT2D eigenvalue weighted by Crippen LogP contribution is 2.34. The molecule has 1 saturated carbocycles. The number of benzene rings is 1. The second-order valence-corrected chi connectivity index (χ2v) is 5.62. The standard InChI is InChI=1S/C16H19N3O/c1-3-17-13-10-14(15(20)19-16(2)8-9-16)18-12-7-5-4-6-11(12)13/h4-7,10H,3,8-9H2,1-2H3,(H,17,18)(H,19,20). The number of hydrogen-bond acceptors (Lipinski definition) is 3. The number of fused-ring (bicyclic) bond motifs is 1. The monoisotopic (exact) mass is 269 g/mol. The molecule has 4 heteroatoms. The number of anilines is 1. The molecule has 0 bridgehead atoms. The SMILES string of the molecule is CCNc1cc(C(=O)NC2(C)CC2)nc2ccccc12. The van der Waals surface area contributed by atoms with Crippen LogP contribution >= 0.6 is 0 Å². The molecule has 2 N–H and O–H groups in total. The number of para-hydroxylation sites is 1. The van der Waals surface area contributed by atoms with Gasteiger partial charge in [0.25, 0.3) is 5.91 Å². The van der Waals surface area contributed by atoms with Crippen LogP contribution in [0.5, 0.6) is 0 Å². The van der Waals surface area contributed by atoms with Crippen LogP contribution in [0, 0.1) is 0 Å². The maximum Gasteiger partial charge on any atom is 0.270 e. The zero-order chi connectivity index (χ0) is 14.2. The summed E-state index contributed by atoms with van der Waals surface area (Å²) in [5.41, 5.74) is 2.26. The molecule has 0 radical (unpaired) electrons. The van der Waals surface area contributed by atoms with Crippen LogP contribution in [0.1, 0.15) is 37.2 Å². The van der Waals surface area contributed by atoms with Crippen LogP contribution < -0.4 is 10.6 Å². The Morgan fingerprint density at radius 3 is 2.80 bits per heavy atom. The molecule has 0 saturated heterocycles. The largest absolute Gasteiger partial charge is 0.385 e. The number of nitrogens with zero attached hydrogens (tertiary/aromatic N) is 1. The average molecular weight is 269 g/mol. The summed E-state index contributed by atoms with van der Waals surface area (Å²) in [6.45, 7) is 4.92. The van der Waals surface area contributed by atoms with Crippen molar-refractivity contribution in [3.63, 3.8) is 0 Å². The van der Waals surface area contributed by atoms with Gasteiger partial charge >= 0.3 is 0 Å². The van der Waals surface area contributed by atoms with Crippen LogP contribution in [0.15, 0.2) is 30.3 Å². The molecule has 0 spiro atoms. The second kappa shape index (κ2) is 4.78. The predicted octanol–water partition coefficient (Wildman–Crippen LogP) is 2.95. The van der Waals surface area contributed by atoms with E-state index < -0.39 is 0 Å². The topological polar surface area (TPSA) is 54.0 Å². The quantitative estimate of drug-likeness (QED) is 0.897. The van der Waals surface area contributed by atoms with Crippen LogP contribution in [0.4, 0.5) is 5.69 Å². The minimum Gasteiger partial charge on any atom is -0.385 e. The molecule has 4 nitrogen and oxygen atoms in total. The first-order valence-electron chi connectivity index (χ1n) is 7.07. The van der Waals surface area contributed by atoms with Gasteiger partial charge in [0, 0.05) is 23.2 Å². The molecule has 1 aliphatic rings. The third-order valence-corrected chi connectivity index (χ3v) is 3.73. The number of pyridine rings is 1. The van der Waals surface area contributed by atoms with Crippen molar-refractivity contribution >= 4 is 22.5 Å². The Morgan fingerprint density at radius 1 is 1.35 bits per heavy atom. The van der Waals surface area contributed by atoms with Gasteiger partial charge in [-0.05, 0) is 38.8 Å². The van der Waals surface area contributed by atoms with Gasteiger partial charge in [-0.1, -0.05) is 18.2 Å². The molecule has 104 valence electrons. The van der Waals surface area contributed by atoms with E-state index >= 15 is 0 Å². The fourth-order valence-electron chi connectivity index (χ4n) is 2.28. The summed E-state index contributed by atoms with van der Waals surface area (Å²) in [7, 11) is 0. The van der Waals surface area contributed by atoms with Gasteiger partial charge in [-0.2, -0.15) is 0 Å². The summed E-state index contributed by atoms with van der Waals surface area (Å²) >= 11 is 0. The fraction of sp³-hybridized carbons (Fsp3) is 0.375. The molecule has 1 aliphatic carbocycles. The van der Waals surface area contributed by atoms with E-state index in [1.165, 1.54) is 0 Å². The smallest absolute Gasteiger partial charge is 0.270 e. The van der Waals surface area contributed by atoms with E-state index in [4.69, 9.17) is 0 Å². The van der Waals surface area contributed by atoms with Crippen LogP contribution in [-0.4, -0.2) is 23.0 Å². The van der Waals surface area contributed by atoms with E-state index in [1.54, 1.807) is 0 Å². The molecule has 1 amide bonds. The summed E-state index contributed by atoms with van der Waals surface area (Å²) in [4.78, 5) is 16.8. The van der Waals surface area contributed by atoms with Gasteiger partial charge in [0.05, 0.1) is 5.52 Å². The van der Waals surface area contributed by atoms with Crippen LogP contribution in [0.25, 0.3) is 10.9 Å². The molecule has 1 heterocycles. The Morgan fingerprint density at radius 2 is 2.10 bits per heavy atom. The molecule has 0 unspecified atom stereocenters. The number of carbonyl (C=O) groups is 1. The van der Waals surface area contributed by atoms with Gasteiger partial charge in [-0.15, -0.1) is 0 Å². The summed E-state index contributed by atoms with van der Waals surface area (Å²) < 4.78 is 0. The van der Waals surface area contributed by atoms with E-state index in [2.05, 4.69) is 22.5 Å². The van der Waals surface area contributed by atoms with Gasteiger partial charge in [0.15, 0.2) is 0 Å². The molecule has 2 aromatic rings. The predicted molar refractivity (Wildman–Crippen MR) is 81.0 cm³/mol. The zero-order valence-electron chi connectivity index (χ0n) is 11.9. The minimum absolute atomic E-state index is 0.0250. The summed E-state index contributed by atoms with van der Waals surface area (Å²) in [5.74, 6) is -0.0880. The Labute approximate surface area is 118 Å². The lowest BCUT2D eigenvalue weighted by molar-refractivity contribution is 0.0931. The molecule has 20 heavy (non-hydrogen) atoms. The van der Waals surface area contributed by atoms with E-state index in [1.807, 2.05) is 37.3 Å². The van der Waals surface area contributed by atoms with Gasteiger partial charge in [-0.25, -0.2) is 4.98 Å². The lowest BCUT2D eigenvalue weighted by Gasteiger charge is -2.13. The number of rotatable bonds is 4. The van der Waals surface area contributed by atoms with Crippen molar-refractivity contribution in [3.05, 3.63) is 36.0 Å². The molecule has 1 aromatic heterocycles. The first-order valence-corrected chi connectivity index (χ1v) is 7.07. The maximum absolute atomic E-state index is 12.3. The molecule has 3 rings (SSSR count). The van der Waals surface area contributed by atoms with E-state index in [0.717, 1.165) is 36.0 Å². The highest BCUT2D eigenvalue weighted by molar-refractivity contribution is 6.00. The van der Waals surface area contributed by atoms with Gasteiger partial charge in [0.2, 0.25) is 0 Å². The number of nitrogens with one attached hydrogen (secondary N) is 2. The van der Waals surface area contributed by atoms with Crippen molar-refractivity contribution < 1.29 is 4.79 Å². The van der Waals surface area contributed by atoms with Gasteiger partial charge < -0.3 is 10.6 Å². The number of hydrogen-bond donors (Lipinski definition) is 2. The molecular formula is C16H19N3O. The number of carbonyl (C=O) groups excluding carboxylic acids is 1. The van der Waals surface area contributed by atoms with E-state index in [-0.39, 0.29) is 11.4 Å². The Bertz CT molecular complexity index is 662. The molecule has 1 fully saturated rings. The lowest BCUT2D eigenvalue weighted by atomic mass is 10.1. The Hall–Kier alpha value is -2.10. The van der Waals surface area contributed by atoms with Crippen molar-refractivity contribution in [3.8, 4) is 0 Å². The fourth-order valence-corrected chi connectivity index (χ4v) is 2.28. The van der Waals surface area contributed by atoms with E-state index in [9.17, 15) is 4.79 Å². The van der Waals surface area contributed by atoms with Crippen LogP contribution in [0.3, 0.4) is 0 Å². The average Bonchev–Trinajstić information content (AvgIpc) is 3.16. The first-order chi connectivity index (χ1) is 9.61. The normalized spacial score (nSPS) is 15.9. The third-order valence-electron chi connectivity index (χ3n) is 3.73. The summed E-state index contributed by atoms with van der Waals surface area (Å²) in [5, 5.41) is 7.40. The van der Waals surface area contributed by atoms with Crippen molar-refractivity contribution in [2.45, 2.75) is 32.2 Å². The van der Waals surface area contributed by atoms with Crippen LogP contribution in [0.2, 0.25) is 0 Å². The van der Waals surface area contributed by atoms with Crippen molar-refractivity contribution in [2.24, 2.45) is 0 Å². The number of amides is 1. The summed E-state index contributed by atoms with van der Waals surface area (Å²) in [6.07, 6.45) is 2.10. The van der Waals surface area contributed by atoms with Gasteiger partial charge in [0.1, 0.15) is 5.69 Å². The van der Waals surface area contributed by atoms with Crippen molar-refractivity contribution in [1.29, 1.82) is 0 Å². The molecule has 0 aliphatic heterocycles. The number of aromatic nitrogens is 1. The highest BCUT2D eigenvalue weighted by Gasteiger charge is 2.39. The lowest BCUT2D eigenvalue weighted by Crippen LogP contribution is -2.34. The Balaban J connectivity index is 2.00. The molecular weight excluding hydrogens is 250 g/mol. The maximum atomic E-state index is 12.3. The minimum atomic E-state index is -0.0880. The van der Waals surface area contributed by atoms with Gasteiger partial charge in [-0.3, -0.25) is 4.79 Å². The second-order valence-electron chi connectivity index (χ2n) is 5.62. The van der Waals surface area contributed by atoms with Crippen LogP contribution in [-0.2, 0) is 0 Å². The van der Waals surface area contributed by atoms with Crippen molar-refractivity contribution in [2.75, 3.05) is 11.9 Å². The summed E-state index contributed by atoms with van der Waals surface area (Å²) in [6, 6.07) is 9.72. The molecule has 0 atom stereocenters. The van der Waals surface area contributed by atoms with E-state index in [0.29, 0.717) is 5.69 Å². The zero-order valence-corrected chi connectivity index (χ0v) is 11.9. The highest BCUT2D eigenvalue weighted by atomic mass is 16.2.